The van der Waals surface area contributed by atoms with Crippen molar-refractivity contribution in [2.24, 2.45) is 0 Å². The number of halogens is 3. The van der Waals surface area contributed by atoms with Crippen molar-refractivity contribution >= 4 is 11.4 Å². The highest BCUT2D eigenvalue weighted by atomic mass is 19.1. The number of hydrogen-bond acceptors (Lipinski definition) is 2. The van der Waals surface area contributed by atoms with Crippen molar-refractivity contribution in [3.05, 3.63) is 59.4 Å². The number of rotatable bonds is 4. The monoisotopic (exact) mass is 266 g/mol. The van der Waals surface area contributed by atoms with Crippen LogP contribution in [0.4, 0.5) is 24.5 Å². The smallest absolute Gasteiger partial charge is 0.148 e. The number of hydrogen-bond donors (Lipinski definition) is 2. The van der Waals surface area contributed by atoms with E-state index in [1.807, 2.05) is 0 Å². The molecule has 0 amide bonds. The van der Waals surface area contributed by atoms with Gasteiger partial charge in [-0.2, -0.15) is 0 Å². The van der Waals surface area contributed by atoms with Crippen LogP contribution >= 0.6 is 0 Å². The third-order valence-corrected chi connectivity index (χ3v) is 2.74. The fraction of sp³-hybridized carbons (Fsp3) is 0.143. The number of nitrogens with two attached hydrogens (primary N) is 1. The quantitative estimate of drug-likeness (QED) is 0.833. The molecule has 2 aromatic carbocycles. The lowest BCUT2D eigenvalue weighted by Gasteiger charge is -2.08. The van der Waals surface area contributed by atoms with Gasteiger partial charge in [0.2, 0.25) is 0 Å². The molecule has 2 rings (SSSR count). The first-order chi connectivity index (χ1) is 9.06. The second-order valence-corrected chi connectivity index (χ2v) is 4.15. The number of nitrogens with one attached hydrogen (secondary N) is 1. The van der Waals surface area contributed by atoms with Crippen LogP contribution in [0, 0.1) is 17.5 Å². The molecule has 0 saturated heterocycles. The predicted molar refractivity (Wildman–Crippen MR) is 69.4 cm³/mol. The summed E-state index contributed by atoms with van der Waals surface area (Å²) in [6, 6.07) is 7.82. The van der Waals surface area contributed by atoms with Crippen LogP contribution in [0.2, 0.25) is 0 Å². The van der Waals surface area contributed by atoms with E-state index in [0.29, 0.717) is 24.2 Å². The maximum absolute atomic E-state index is 13.3. The first-order valence-electron chi connectivity index (χ1n) is 5.79. The normalized spacial score (nSPS) is 10.5. The summed E-state index contributed by atoms with van der Waals surface area (Å²) in [5.74, 6) is -1.68. The van der Waals surface area contributed by atoms with E-state index in [4.69, 9.17) is 5.73 Å². The van der Waals surface area contributed by atoms with Crippen LogP contribution in [0.3, 0.4) is 0 Å². The highest BCUT2D eigenvalue weighted by Crippen LogP contribution is 2.16. The molecule has 19 heavy (non-hydrogen) atoms. The molecule has 0 bridgehead atoms. The molecule has 0 spiro atoms. The van der Waals surface area contributed by atoms with E-state index >= 15 is 0 Å². The van der Waals surface area contributed by atoms with Gasteiger partial charge >= 0.3 is 0 Å². The summed E-state index contributed by atoms with van der Waals surface area (Å²) >= 11 is 0. The summed E-state index contributed by atoms with van der Waals surface area (Å²) in [4.78, 5) is 0. The molecule has 0 aliphatic carbocycles. The zero-order valence-corrected chi connectivity index (χ0v) is 10.1. The van der Waals surface area contributed by atoms with Gasteiger partial charge in [0.1, 0.15) is 17.5 Å². The predicted octanol–water partition coefficient (Wildman–Crippen LogP) is 3.34. The van der Waals surface area contributed by atoms with Crippen molar-refractivity contribution in [1.82, 2.24) is 0 Å². The minimum atomic E-state index is -0.602. The van der Waals surface area contributed by atoms with Crippen LogP contribution < -0.4 is 11.1 Å². The standard InChI is InChI=1S/C14H13F3N2/c15-10-2-1-9(12(16)7-10)5-6-19-11-3-4-14(18)13(17)8-11/h1-4,7-8,19H,5-6,18H2. The Morgan fingerprint density at radius 2 is 1.74 bits per heavy atom. The van der Waals surface area contributed by atoms with Crippen LogP contribution in [-0.4, -0.2) is 6.54 Å². The Kier molecular flexibility index (Phi) is 3.94. The zero-order valence-electron chi connectivity index (χ0n) is 10.1. The van der Waals surface area contributed by atoms with Crippen molar-refractivity contribution in [2.75, 3.05) is 17.6 Å². The molecule has 100 valence electrons. The molecule has 0 aliphatic heterocycles. The molecule has 2 aromatic rings. The van der Waals surface area contributed by atoms with E-state index in [1.54, 1.807) is 6.07 Å². The second kappa shape index (κ2) is 5.65. The van der Waals surface area contributed by atoms with Gasteiger partial charge < -0.3 is 11.1 Å². The number of anilines is 2. The third kappa shape index (κ3) is 3.40. The van der Waals surface area contributed by atoms with Crippen LogP contribution in [0.5, 0.6) is 0 Å². The minimum Gasteiger partial charge on any atom is -0.396 e. The lowest BCUT2D eigenvalue weighted by molar-refractivity contribution is 0.572. The summed E-state index contributed by atoms with van der Waals surface area (Å²) in [5, 5.41) is 2.95. The molecule has 0 atom stereocenters. The average molecular weight is 266 g/mol. The fourth-order valence-electron chi connectivity index (χ4n) is 1.70. The summed E-state index contributed by atoms with van der Waals surface area (Å²) < 4.78 is 39.2. The zero-order chi connectivity index (χ0) is 13.8. The summed E-state index contributed by atoms with van der Waals surface area (Å²) in [6.07, 6.45) is 0.373. The van der Waals surface area contributed by atoms with Gasteiger partial charge in [-0.05, 0) is 36.2 Å². The van der Waals surface area contributed by atoms with Crippen LogP contribution in [0.15, 0.2) is 36.4 Å². The molecule has 0 aliphatic rings. The molecule has 0 radical (unpaired) electrons. The van der Waals surface area contributed by atoms with Crippen molar-refractivity contribution < 1.29 is 13.2 Å². The Morgan fingerprint density at radius 3 is 2.42 bits per heavy atom. The van der Waals surface area contributed by atoms with E-state index in [1.165, 1.54) is 24.3 Å². The van der Waals surface area contributed by atoms with E-state index in [0.717, 1.165) is 6.07 Å². The molecular formula is C14H13F3N2. The second-order valence-electron chi connectivity index (χ2n) is 4.15. The first kappa shape index (κ1) is 13.3. The summed E-state index contributed by atoms with van der Waals surface area (Å²) in [7, 11) is 0. The number of nitrogen functional groups attached to an aromatic ring is 1. The highest BCUT2D eigenvalue weighted by molar-refractivity contribution is 5.52. The van der Waals surface area contributed by atoms with Gasteiger partial charge in [0.25, 0.3) is 0 Å². The Labute approximate surface area is 109 Å². The Bertz CT molecular complexity index is 585. The molecule has 0 fully saturated rings. The third-order valence-electron chi connectivity index (χ3n) is 2.74. The molecule has 0 unspecified atom stereocenters. The van der Waals surface area contributed by atoms with Crippen LogP contribution in [0.1, 0.15) is 5.56 Å². The summed E-state index contributed by atoms with van der Waals surface area (Å²) in [6.45, 7) is 0.409. The van der Waals surface area contributed by atoms with Gasteiger partial charge in [-0.15, -0.1) is 0 Å². The maximum Gasteiger partial charge on any atom is 0.148 e. The van der Waals surface area contributed by atoms with Gasteiger partial charge in [0.05, 0.1) is 5.69 Å². The van der Waals surface area contributed by atoms with Gasteiger partial charge in [0.15, 0.2) is 0 Å². The Balaban J connectivity index is 1.94. The molecule has 0 aromatic heterocycles. The maximum atomic E-state index is 13.3. The fourth-order valence-corrected chi connectivity index (χ4v) is 1.70. The van der Waals surface area contributed by atoms with E-state index in [9.17, 15) is 13.2 Å². The van der Waals surface area contributed by atoms with Crippen LogP contribution in [-0.2, 0) is 6.42 Å². The largest absolute Gasteiger partial charge is 0.396 e. The summed E-state index contributed by atoms with van der Waals surface area (Å²) in [5.41, 5.74) is 6.40. The average Bonchev–Trinajstić information content (AvgIpc) is 2.36. The van der Waals surface area contributed by atoms with Crippen molar-refractivity contribution in [2.45, 2.75) is 6.42 Å². The molecular weight excluding hydrogens is 253 g/mol. The molecule has 2 nitrogen and oxygen atoms in total. The highest BCUT2D eigenvalue weighted by Gasteiger charge is 2.04. The Morgan fingerprint density at radius 1 is 0.947 bits per heavy atom. The van der Waals surface area contributed by atoms with Gasteiger partial charge in [-0.1, -0.05) is 6.07 Å². The molecule has 0 saturated carbocycles. The lowest BCUT2D eigenvalue weighted by atomic mass is 10.1. The Hall–Kier alpha value is -2.17. The SMILES string of the molecule is Nc1ccc(NCCc2ccc(F)cc2F)cc1F. The van der Waals surface area contributed by atoms with Crippen molar-refractivity contribution in [1.29, 1.82) is 0 Å². The van der Waals surface area contributed by atoms with Gasteiger partial charge in [-0.25, -0.2) is 13.2 Å². The molecule has 0 heterocycles. The molecule has 3 N–H and O–H groups in total. The molecule has 5 heteroatoms. The minimum absolute atomic E-state index is 0.0788. The van der Waals surface area contributed by atoms with Crippen molar-refractivity contribution in [3.8, 4) is 0 Å². The van der Waals surface area contributed by atoms with Gasteiger partial charge in [-0.3, -0.25) is 0 Å². The van der Waals surface area contributed by atoms with Gasteiger partial charge in [0, 0.05) is 18.3 Å². The first-order valence-corrected chi connectivity index (χ1v) is 5.79. The number of benzene rings is 2. The lowest BCUT2D eigenvalue weighted by Crippen LogP contribution is -2.07. The topological polar surface area (TPSA) is 38.0 Å². The van der Waals surface area contributed by atoms with Crippen LogP contribution in [0.25, 0.3) is 0 Å². The van der Waals surface area contributed by atoms with E-state index < -0.39 is 17.5 Å². The van der Waals surface area contributed by atoms with E-state index in [-0.39, 0.29) is 5.69 Å². The van der Waals surface area contributed by atoms with E-state index in [2.05, 4.69) is 5.32 Å². The van der Waals surface area contributed by atoms with Crippen molar-refractivity contribution in [3.63, 3.8) is 0 Å².